The van der Waals surface area contributed by atoms with Crippen LogP contribution in [0.3, 0.4) is 0 Å². The molecule has 3 nitrogen and oxygen atoms in total. The van der Waals surface area contributed by atoms with Crippen LogP contribution in [0.15, 0.2) is 18.2 Å². The van der Waals surface area contributed by atoms with Gasteiger partial charge in [0.15, 0.2) is 0 Å². The molecule has 1 saturated heterocycles. The summed E-state index contributed by atoms with van der Waals surface area (Å²) in [5.74, 6) is -0.404. The summed E-state index contributed by atoms with van der Waals surface area (Å²) in [5, 5.41) is 2.93. The number of hydrogen-bond donors (Lipinski definition) is 1. The summed E-state index contributed by atoms with van der Waals surface area (Å²) in [4.78, 5) is 11.0. The van der Waals surface area contributed by atoms with Crippen molar-refractivity contribution in [3.63, 3.8) is 0 Å². The SMILES string of the molecule is Cl.O=C1N[C@@H](c2cc(F)cc(Cl)c2)CCO1. The molecule has 0 unspecified atom stereocenters. The fraction of sp³-hybridized carbons (Fsp3) is 0.300. The van der Waals surface area contributed by atoms with Gasteiger partial charge in [0.25, 0.3) is 0 Å². The number of carbonyl (C=O) groups is 1. The first-order valence-corrected chi connectivity index (χ1v) is 4.92. The fourth-order valence-corrected chi connectivity index (χ4v) is 1.78. The van der Waals surface area contributed by atoms with Gasteiger partial charge in [-0.15, -0.1) is 12.4 Å². The molecule has 1 heterocycles. The lowest BCUT2D eigenvalue weighted by atomic mass is 10.0. The molecule has 1 aliphatic rings. The summed E-state index contributed by atoms with van der Waals surface area (Å²) in [5.41, 5.74) is 0.664. The molecule has 88 valence electrons. The van der Waals surface area contributed by atoms with Crippen LogP contribution in [0.1, 0.15) is 18.0 Å². The van der Waals surface area contributed by atoms with Crippen LogP contribution >= 0.6 is 24.0 Å². The normalized spacial score (nSPS) is 19.4. The van der Waals surface area contributed by atoms with E-state index in [0.29, 0.717) is 23.6 Å². The highest BCUT2D eigenvalue weighted by Gasteiger charge is 2.21. The molecule has 1 aliphatic heterocycles. The van der Waals surface area contributed by atoms with Gasteiger partial charge in [-0.05, 0) is 23.8 Å². The average Bonchev–Trinajstić information content (AvgIpc) is 2.16. The maximum Gasteiger partial charge on any atom is 0.407 e. The molecule has 6 heteroatoms. The van der Waals surface area contributed by atoms with Gasteiger partial charge in [0.1, 0.15) is 5.82 Å². The minimum atomic E-state index is -0.480. The number of halogens is 3. The van der Waals surface area contributed by atoms with E-state index in [0.717, 1.165) is 0 Å². The Balaban J connectivity index is 0.00000128. The van der Waals surface area contributed by atoms with Gasteiger partial charge in [-0.3, -0.25) is 0 Å². The Kier molecular flexibility index (Phi) is 4.38. The average molecular weight is 266 g/mol. The van der Waals surface area contributed by atoms with Crippen molar-refractivity contribution in [2.24, 2.45) is 0 Å². The summed E-state index contributed by atoms with van der Waals surface area (Å²) in [7, 11) is 0. The zero-order valence-electron chi connectivity index (χ0n) is 8.20. The number of cyclic esters (lactones) is 1. The molecule has 1 fully saturated rings. The highest BCUT2D eigenvalue weighted by molar-refractivity contribution is 6.30. The monoisotopic (exact) mass is 265 g/mol. The molecule has 2 rings (SSSR count). The Morgan fingerprint density at radius 1 is 1.44 bits per heavy atom. The zero-order valence-corrected chi connectivity index (χ0v) is 9.78. The van der Waals surface area contributed by atoms with Crippen LogP contribution in [0.25, 0.3) is 0 Å². The highest BCUT2D eigenvalue weighted by Crippen LogP contribution is 2.24. The van der Waals surface area contributed by atoms with E-state index in [2.05, 4.69) is 5.32 Å². The number of amides is 1. The van der Waals surface area contributed by atoms with Crippen molar-refractivity contribution in [3.05, 3.63) is 34.6 Å². The molecule has 1 aromatic carbocycles. The Morgan fingerprint density at radius 2 is 2.19 bits per heavy atom. The highest BCUT2D eigenvalue weighted by atomic mass is 35.5. The van der Waals surface area contributed by atoms with E-state index in [1.54, 1.807) is 6.07 Å². The topological polar surface area (TPSA) is 38.3 Å². The van der Waals surface area contributed by atoms with Crippen molar-refractivity contribution in [3.8, 4) is 0 Å². The van der Waals surface area contributed by atoms with Crippen molar-refractivity contribution in [2.75, 3.05) is 6.61 Å². The van der Waals surface area contributed by atoms with Crippen LogP contribution in [0.2, 0.25) is 5.02 Å². The van der Waals surface area contributed by atoms with E-state index in [9.17, 15) is 9.18 Å². The van der Waals surface area contributed by atoms with Gasteiger partial charge < -0.3 is 10.1 Å². The Hall–Kier alpha value is -1.00. The molecule has 0 aliphatic carbocycles. The van der Waals surface area contributed by atoms with Gasteiger partial charge in [-0.25, -0.2) is 9.18 Å². The molecule has 1 atom stereocenters. The second-order valence-electron chi connectivity index (χ2n) is 3.32. The molecule has 1 N–H and O–H groups in total. The second-order valence-corrected chi connectivity index (χ2v) is 3.76. The van der Waals surface area contributed by atoms with Gasteiger partial charge in [-0.2, -0.15) is 0 Å². The Labute approximate surface area is 103 Å². The van der Waals surface area contributed by atoms with E-state index in [-0.39, 0.29) is 18.4 Å². The number of nitrogens with one attached hydrogen (secondary N) is 1. The summed E-state index contributed by atoms with van der Waals surface area (Å²) in [6.07, 6.45) is 0.137. The maximum atomic E-state index is 13.1. The van der Waals surface area contributed by atoms with Crippen molar-refractivity contribution in [1.29, 1.82) is 0 Å². The minimum absolute atomic E-state index is 0. The van der Waals surface area contributed by atoms with Crippen LogP contribution in [0.5, 0.6) is 0 Å². The first kappa shape index (κ1) is 13.1. The van der Waals surface area contributed by atoms with Crippen molar-refractivity contribution < 1.29 is 13.9 Å². The Morgan fingerprint density at radius 3 is 2.81 bits per heavy atom. The summed E-state index contributed by atoms with van der Waals surface area (Å²) in [6.45, 7) is 0.338. The molecular formula is C10H10Cl2FNO2. The molecule has 16 heavy (non-hydrogen) atoms. The van der Waals surface area contributed by atoms with Crippen molar-refractivity contribution in [1.82, 2.24) is 5.32 Å². The van der Waals surface area contributed by atoms with Crippen LogP contribution < -0.4 is 5.32 Å². The van der Waals surface area contributed by atoms with Crippen molar-refractivity contribution >= 4 is 30.1 Å². The largest absolute Gasteiger partial charge is 0.449 e. The molecule has 1 amide bonds. The molecule has 0 spiro atoms. The molecule has 0 aromatic heterocycles. The van der Waals surface area contributed by atoms with Crippen molar-refractivity contribution in [2.45, 2.75) is 12.5 Å². The van der Waals surface area contributed by atoms with E-state index in [1.807, 2.05) is 0 Å². The van der Waals surface area contributed by atoms with E-state index in [4.69, 9.17) is 16.3 Å². The molecule has 0 bridgehead atoms. The van der Waals surface area contributed by atoms with Gasteiger partial charge in [0.2, 0.25) is 0 Å². The molecule has 0 saturated carbocycles. The molecule has 0 radical (unpaired) electrons. The quantitative estimate of drug-likeness (QED) is 0.848. The number of carbonyl (C=O) groups excluding carboxylic acids is 1. The second kappa shape index (κ2) is 5.37. The summed E-state index contributed by atoms with van der Waals surface area (Å²) < 4.78 is 17.8. The number of benzene rings is 1. The van der Waals surface area contributed by atoms with Crippen LogP contribution in [0, 0.1) is 5.82 Å². The standard InChI is InChI=1S/C10H9ClFNO2.ClH/c11-7-3-6(4-8(12)5-7)9-1-2-15-10(14)13-9;/h3-5,9H,1-2H2,(H,13,14);1H/t9-;/m1./s1. The maximum absolute atomic E-state index is 13.1. The van der Waals surface area contributed by atoms with E-state index >= 15 is 0 Å². The summed E-state index contributed by atoms with van der Waals surface area (Å²) in [6, 6.07) is 4.01. The third kappa shape index (κ3) is 3.00. The van der Waals surface area contributed by atoms with Gasteiger partial charge in [0.05, 0.1) is 12.6 Å². The molecule has 1 aromatic rings. The number of hydrogen-bond acceptors (Lipinski definition) is 2. The summed E-state index contributed by atoms with van der Waals surface area (Å²) >= 11 is 5.72. The van der Waals surface area contributed by atoms with Crippen LogP contribution in [-0.2, 0) is 4.74 Å². The lowest BCUT2D eigenvalue weighted by Gasteiger charge is -2.23. The van der Waals surface area contributed by atoms with E-state index < -0.39 is 11.9 Å². The molecular weight excluding hydrogens is 256 g/mol. The smallest absolute Gasteiger partial charge is 0.407 e. The lowest BCUT2D eigenvalue weighted by molar-refractivity contribution is 0.115. The van der Waals surface area contributed by atoms with Gasteiger partial charge >= 0.3 is 6.09 Å². The first-order valence-electron chi connectivity index (χ1n) is 4.54. The predicted octanol–water partition coefficient (Wildman–Crippen LogP) is 3.07. The third-order valence-electron chi connectivity index (χ3n) is 2.22. The minimum Gasteiger partial charge on any atom is -0.449 e. The van der Waals surface area contributed by atoms with E-state index in [1.165, 1.54) is 12.1 Å². The Bertz CT molecular complexity index is 380. The van der Waals surface area contributed by atoms with Gasteiger partial charge in [-0.1, -0.05) is 11.6 Å². The van der Waals surface area contributed by atoms with Crippen LogP contribution in [0.4, 0.5) is 9.18 Å². The van der Waals surface area contributed by atoms with Gasteiger partial charge in [0, 0.05) is 11.4 Å². The predicted molar refractivity (Wildman–Crippen MR) is 60.5 cm³/mol. The fourth-order valence-electron chi connectivity index (χ4n) is 1.55. The third-order valence-corrected chi connectivity index (χ3v) is 2.44. The zero-order chi connectivity index (χ0) is 10.8. The van der Waals surface area contributed by atoms with Crippen LogP contribution in [-0.4, -0.2) is 12.7 Å². The lowest BCUT2D eigenvalue weighted by Crippen LogP contribution is -2.35. The number of alkyl carbamates (subject to hydrolysis) is 1. The number of ether oxygens (including phenoxy) is 1. The first-order chi connectivity index (χ1) is 7.15. The number of rotatable bonds is 1.